The zero-order chi connectivity index (χ0) is 41.7. The van der Waals surface area contributed by atoms with Crippen molar-refractivity contribution in [1.29, 1.82) is 5.26 Å². The van der Waals surface area contributed by atoms with Crippen LogP contribution >= 0.6 is 46.4 Å². The number of rotatable bonds is 14. The average molecular weight is 848 g/mol. The highest BCUT2D eigenvalue weighted by Crippen LogP contribution is 2.44. The van der Waals surface area contributed by atoms with Gasteiger partial charge in [0, 0.05) is 31.9 Å². The first kappa shape index (κ1) is 46.8. The number of hydrogen-bond donors (Lipinski definition) is 0. The minimum atomic E-state index is -0.867. The monoisotopic (exact) mass is 845 g/mol. The van der Waals surface area contributed by atoms with E-state index in [2.05, 4.69) is 0 Å². The standard InChI is InChI=1S/C30H36Cl2O5.C14H15Cl2NO2/c1-29(2,3)37-28(35)23(15-22-16-24(31)18-25(32)17-22)11-12-26(33)30(13-7-8-14-30)19-27(34)36-20-21-9-5-4-6-10-21;1-14(2,3)19-13(18)10(8-17)4-9-5-11(15)7-12(16)6-9/h4-6,9-10,16-18,23H,7-8,11-15,19-20H2,1-3H3;5-7,10H,4H2,1-3H3. The fourth-order valence-electron chi connectivity index (χ4n) is 6.46. The van der Waals surface area contributed by atoms with Crippen molar-refractivity contribution in [2.75, 3.05) is 0 Å². The number of carbonyl (C=O) groups is 4. The number of hydrogen-bond acceptors (Lipinski definition) is 8. The van der Waals surface area contributed by atoms with Crippen LogP contribution in [-0.2, 0) is 52.8 Å². The molecule has 1 aliphatic carbocycles. The van der Waals surface area contributed by atoms with E-state index in [0.29, 0.717) is 45.8 Å². The zero-order valence-corrected chi connectivity index (χ0v) is 35.9. The van der Waals surface area contributed by atoms with Gasteiger partial charge in [-0.25, -0.2) is 0 Å². The van der Waals surface area contributed by atoms with E-state index in [-0.39, 0.29) is 43.6 Å². The summed E-state index contributed by atoms with van der Waals surface area (Å²) in [6, 6.07) is 21.6. The summed E-state index contributed by atoms with van der Waals surface area (Å²) in [4.78, 5) is 51.2. The molecule has 1 saturated carbocycles. The predicted molar refractivity (Wildman–Crippen MR) is 221 cm³/mol. The van der Waals surface area contributed by atoms with Crippen LogP contribution in [0.3, 0.4) is 0 Å². The molecule has 0 heterocycles. The van der Waals surface area contributed by atoms with Crippen LogP contribution < -0.4 is 0 Å². The largest absolute Gasteiger partial charge is 0.461 e. The van der Waals surface area contributed by atoms with Gasteiger partial charge in [0.2, 0.25) is 0 Å². The molecule has 2 unspecified atom stereocenters. The first-order chi connectivity index (χ1) is 26.2. The lowest BCUT2D eigenvalue weighted by molar-refractivity contribution is -0.161. The van der Waals surface area contributed by atoms with E-state index >= 15 is 0 Å². The Labute approximate surface area is 351 Å². The Morgan fingerprint density at radius 3 is 1.68 bits per heavy atom. The Morgan fingerprint density at radius 1 is 0.714 bits per heavy atom. The van der Waals surface area contributed by atoms with E-state index in [1.807, 2.05) is 57.2 Å². The van der Waals surface area contributed by atoms with Crippen molar-refractivity contribution in [1.82, 2.24) is 0 Å². The van der Waals surface area contributed by atoms with Crippen LogP contribution in [0, 0.1) is 28.6 Å². The molecule has 0 radical (unpaired) electrons. The first-order valence-electron chi connectivity index (χ1n) is 18.6. The summed E-state index contributed by atoms with van der Waals surface area (Å²) < 4.78 is 16.4. The topological polar surface area (TPSA) is 120 Å². The molecule has 12 heteroatoms. The lowest BCUT2D eigenvalue weighted by Crippen LogP contribution is -2.34. The smallest absolute Gasteiger partial charge is 0.324 e. The van der Waals surface area contributed by atoms with E-state index in [1.54, 1.807) is 57.2 Å². The Hall–Kier alpha value is -3.61. The van der Waals surface area contributed by atoms with Crippen LogP contribution in [-0.4, -0.2) is 34.9 Å². The molecule has 0 bridgehead atoms. The number of benzene rings is 3. The van der Waals surface area contributed by atoms with E-state index in [4.69, 9.17) is 65.9 Å². The van der Waals surface area contributed by atoms with Crippen molar-refractivity contribution in [3.63, 3.8) is 0 Å². The quantitative estimate of drug-likeness (QED) is 0.116. The maximum Gasteiger partial charge on any atom is 0.324 e. The molecule has 0 aliphatic heterocycles. The minimum absolute atomic E-state index is 0.0133. The molecule has 4 rings (SSSR count). The molecule has 56 heavy (non-hydrogen) atoms. The third-order valence-corrected chi connectivity index (χ3v) is 9.82. The fraction of sp³-hybridized carbons (Fsp3) is 0.477. The van der Waals surface area contributed by atoms with Crippen molar-refractivity contribution >= 4 is 70.1 Å². The van der Waals surface area contributed by atoms with Gasteiger partial charge in [-0.05, 0) is 127 Å². The SMILES string of the molecule is CC(C)(C)OC(=O)C(C#N)Cc1cc(Cl)cc(Cl)c1.CC(C)(C)OC(=O)C(CCC(=O)C1(CC(=O)OCc2ccccc2)CCCC1)Cc1cc(Cl)cc(Cl)c1. The number of nitriles is 1. The summed E-state index contributed by atoms with van der Waals surface area (Å²) in [5, 5.41) is 11.0. The molecule has 0 N–H and O–H groups in total. The first-order valence-corrected chi connectivity index (χ1v) is 20.2. The molecule has 1 aliphatic rings. The molecule has 0 amide bonds. The van der Waals surface area contributed by atoms with Gasteiger partial charge in [0.15, 0.2) is 0 Å². The number of esters is 3. The summed E-state index contributed by atoms with van der Waals surface area (Å²) in [6.45, 7) is 10.9. The van der Waals surface area contributed by atoms with E-state index in [1.165, 1.54) is 0 Å². The second-order valence-electron chi connectivity index (χ2n) is 16.2. The van der Waals surface area contributed by atoms with Gasteiger partial charge < -0.3 is 14.2 Å². The normalized spacial score (nSPS) is 14.7. The molecule has 302 valence electrons. The molecule has 3 aromatic carbocycles. The van der Waals surface area contributed by atoms with Crippen LogP contribution in [0.1, 0.15) is 103 Å². The molecule has 0 saturated heterocycles. The predicted octanol–water partition coefficient (Wildman–Crippen LogP) is 11.6. The van der Waals surface area contributed by atoms with Gasteiger partial charge in [-0.3, -0.25) is 19.2 Å². The maximum atomic E-state index is 13.5. The summed E-state index contributed by atoms with van der Waals surface area (Å²) >= 11 is 24.1. The Bertz CT molecular complexity index is 1810. The van der Waals surface area contributed by atoms with E-state index in [0.717, 1.165) is 29.5 Å². The molecule has 0 aromatic heterocycles. The maximum absolute atomic E-state index is 13.5. The van der Waals surface area contributed by atoms with E-state index < -0.39 is 34.4 Å². The van der Waals surface area contributed by atoms with Crippen LogP contribution in [0.2, 0.25) is 20.1 Å². The molecule has 2 atom stereocenters. The molecular formula is C44H51Cl4NO7. The zero-order valence-electron chi connectivity index (χ0n) is 32.9. The van der Waals surface area contributed by atoms with Gasteiger partial charge in [-0.15, -0.1) is 0 Å². The summed E-state index contributed by atoms with van der Waals surface area (Å²) in [5.41, 5.74) is 0.448. The van der Waals surface area contributed by atoms with Gasteiger partial charge in [-0.2, -0.15) is 5.26 Å². The lowest BCUT2D eigenvalue weighted by Gasteiger charge is -2.28. The van der Waals surface area contributed by atoms with Crippen LogP contribution in [0.4, 0.5) is 0 Å². The van der Waals surface area contributed by atoms with Crippen LogP contribution in [0.25, 0.3) is 0 Å². The molecule has 8 nitrogen and oxygen atoms in total. The summed E-state index contributed by atoms with van der Waals surface area (Å²) in [5.74, 6) is -2.66. The summed E-state index contributed by atoms with van der Waals surface area (Å²) in [6.07, 6.45) is 4.27. The summed E-state index contributed by atoms with van der Waals surface area (Å²) in [7, 11) is 0. The molecule has 1 fully saturated rings. The van der Waals surface area contributed by atoms with Crippen LogP contribution in [0.15, 0.2) is 66.7 Å². The second kappa shape index (κ2) is 21.2. The Kier molecular flexibility index (Phi) is 17.7. The third kappa shape index (κ3) is 16.5. The number of halogens is 4. The van der Waals surface area contributed by atoms with Gasteiger partial charge in [0.05, 0.1) is 18.4 Å². The van der Waals surface area contributed by atoms with Gasteiger partial charge in [0.25, 0.3) is 0 Å². The number of Topliss-reactive ketones (excluding diaryl/α,β-unsaturated/α-hetero) is 1. The van der Waals surface area contributed by atoms with Crippen LogP contribution in [0.5, 0.6) is 0 Å². The van der Waals surface area contributed by atoms with Gasteiger partial charge in [0.1, 0.15) is 29.5 Å². The average Bonchev–Trinajstić information content (AvgIpc) is 3.56. The van der Waals surface area contributed by atoms with Crippen molar-refractivity contribution < 1.29 is 33.4 Å². The number of carbonyl (C=O) groups excluding carboxylic acids is 4. The highest BCUT2D eigenvalue weighted by atomic mass is 35.5. The number of nitrogens with zero attached hydrogens (tertiary/aromatic N) is 1. The number of ether oxygens (including phenoxy) is 3. The van der Waals surface area contributed by atoms with E-state index in [9.17, 15) is 19.2 Å². The van der Waals surface area contributed by atoms with Crippen molar-refractivity contribution in [3.05, 3.63) is 104 Å². The van der Waals surface area contributed by atoms with Gasteiger partial charge >= 0.3 is 17.9 Å². The number of ketones is 1. The highest BCUT2D eigenvalue weighted by molar-refractivity contribution is 6.35. The van der Waals surface area contributed by atoms with Crippen molar-refractivity contribution in [3.8, 4) is 6.07 Å². The third-order valence-electron chi connectivity index (χ3n) is 8.95. The van der Waals surface area contributed by atoms with Crippen molar-refractivity contribution in [2.24, 2.45) is 17.3 Å². The lowest BCUT2D eigenvalue weighted by atomic mass is 9.76. The Balaban J connectivity index is 0.000000372. The minimum Gasteiger partial charge on any atom is -0.461 e. The Morgan fingerprint density at radius 2 is 1.20 bits per heavy atom. The second-order valence-corrected chi connectivity index (χ2v) is 17.9. The van der Waals surface area contributed by atoms with Gasteiger partial charge in [-0.1, -0.05) is 89.6 Å². The molecule has 3 aromatic rings. The molecular weight excluding hydrogens is 796 g/mol. The highest BCUT2D eigenvalue weighted by Gasteiger charge is 2.43. The van der Waals surface area contributed by atoms with Crippen molar-refractivity contribution in [2.45, 2.75) is 117 Å². The fourth-order valence-corrected chi connectivity index (χ4v) is 7.61. The molecule has 0 spiro atoms.